The first kappa shape index (κ1) is 22.9. The summed E-state index contributed by atoms with van der Waals surface area (Å²) in [4.78, 5) is 40.3. The molecule has 0 aliphatic carbocycles. The quantitative estimate of drug-likeness (QED) is 0.610. The van der Waals surface area contributed by atoms with Crippen LogP contribution in [0.5, 0.6) is 0 Å². The number of piperidine rings is 1. The summed E-state index contributed by atoms with van der Waals surface area (Å²) in [5, 5.41) is 2.92. The molecule has 6 nitrogen and oxygen atoms in total. The molecule has 0 spiro atoms. The Balaban J connectivity index is 1.78. The van der Waals surface area contributed by atoms with Gasteiger partial charge in [-0.3, -0.25) is 14.4 Å². The smallest absolute Gasteiger partial charge is 0.224 e. The van der Waals surface area contributed by atoms with Crippen molar-refractivity contribution >= 4 is 23.4 Å². The largest absolute Gasteiger partial charge is 0.343 e. The zero-order valence-corrected chi connectivity index (χ0v) is 17.9. The Hall–Kier alpha value is -2.37. The lowest BCUT2D eigenvalue weighted by Crippen LogP contribution is -2.34. The zero-order chi connectivity index (χ0) is 21.1. The average molecular weight is 402 g/mol. The van der Waals surface area contributed by atoms with Gasteiger partial charge in [-0.25, -0.2) is 0 Å². The van der Waals surface area contributed by atoms with Crippen LogP contribution < -0.4 is 5.32 Å². The van der Waals surface area contributed by atoms with E-state index in [1.165, 1.54) is 0 Å². The van der Waals surface area contributed by atoms with Crippen LogP contribution in [0.25, 0.3) is 0 Å². The molecule has 1 aliphatic rings. The molecule has 29 heavy (non-hydrogen) atoms. The van der Waals surface area contributed by atoms with Gasteiger partial charge in [-0.05, 0) is 49.8 Å². The fraction of sp³-hybridized carbons (Fsp3) is 0.609. The van der Waals surface area contributed by atoms with E-state index in [1.807, 2.05) is 34.1 Å². The Morgan fingerprint density at radius 2 is 1.86 bits per heavy atom. The molecule has 0 aromatic heterocycles. The van der Waals surface area contributed by atoms with Gasteiger partial charge in [0.25, 0.3) is 0 Å². The van der Waals surface area contributed by atoms with Gasteiger partial charge in [-0.15, -0.1) is 0 Å². The highest BCUT2D eigenvalue weighted by Crippen LogP contribution is 2.17. The first-order chi connectivity index (χ1) is 14.0. The van der Waals surface area contributed by atoms with E-state index in [2.05, 4.69) is 19.2 Å². The van der Waals surface area contributed by atoms with E-state index in [1.54, 1.807) is 0 Å². The lowest BCUT2D eigenvalue weighted by atomic mass is 10.1. The lowest BCUT2D eigenvalue weighted by molar-refractivity contribution is -0.134. The summed E-state index contributed by atoms with van der Waals surface area (Å²) in [6.07, 6.45) is 5.84. The average Bonchev–Trinajstić information content (AvgIpc) is 2.70. The zero-order valence-electron chi connectivity index (χ0n) is 17.9. The van der Waals surface area contributed by atoms with Crippen LogP contribution in [0.4, 0.5) is 5.69 Å². The Bertz CT molecular complexity index is 684. The third-order valence-electron chi connectivity index (χ3n) is 5.14. The molecule has 1 saturated heterocycles. The third-order valence-corrected chi connectivity index (χ3v) is 5.14. The van der Waals surface area contributed by atoms with Gasteiger partial charge >= 0.3 is 0 Å². The van der Waals surface area contributed by atoms with Crippen molar-refractivity contribution in [2.75, 3.05) is 25.0 Å². The molecule has 0 unspecified atom stereocenters. The summed E-state index contributed by atoms with van der Waals surface area (Å²) in [6.45, 7) is 7.09. The van der Waals surface area contributed by atoms with Gasteiger partial charge < -0.3 is 15.1 Å². The van der Waals surface area contributed by atoms with Crippen molar-refractivity contribution in [3.8, 4) is 0 Å². The van der Waals surface area contributed by atoms with Gasteiger partial charge in [0.05, 0.1) is 0 Å². The number of nitrogens with one attached hydrogen (secondary N) is 1. The maximum absolute atomic E-state index is 12.3. The molecule has 0 saturated carbocycles. The minimum atomic E-state index is -0.0819. The molecule has 6 heteroatoms. The summed E-state index contributed by atoms with van der Waals surface area (Å²) in [6, 6.07) is 7.66. The maximum Gasteiger partial charge on any atom is 0.224 e. The molecule has 1 aromatic rings. The van der Waals surface area contributed by atoms with Crippen molar-refractivity contribution < 1.29 is 14.4 Å². The molecule has 1 N–H and O–H groups in total. The maximum atomic E-state index is 12.3. The van der Waals surface area contributed by atoms with Crippen LogP contribution in [0.3, 0.4) is 0 Å². The number of amides is 3. The number of hydrogen-bond donors (Lipinski definition) is 1. The molecule has 0 atom stereocenters. The monoisotopic (exact) mass is 401 g/mol. The van der Waals surface area contributed by atoms with Crippen LogP contribution in [0.1, 0.15) is 70.8 Å². The van der Waals surface area contributed by atoms with E-state index in [0.29, 0.717) is 32.2 Å². The first-order valence-electron chi connectivity index (χ1n) is 11.0. The highest BCUT2D eigenvalue weighted by molar-refractivity contribution is 5.91. The number of carbonyl (C=O) groups excluding carboxylic acids is 3. The number of benzene rings is 1. The first-order valence-corrected chi connectivity index (χ1v) is 11.0. The number of rotatable bonds is 11. The second kappa shape index (κ2) is 12.2. The van der Waals surface area contributed by atoms with Gasteiger partial charge in [-0.1, -0.05) is 26.0 Å². The Morgan fingerprint density at radius 1 is 1.10 bits per heavy atom. The molecule has 2 rings (SSSR count). The fourth-order valence-corrected chi connectivity index (χ4v) is 3.68. The summed E-state index contributed by atoms with van der Waals surface area (Å²) in [5.41, 5.74) is 1.75. The summed E-state index contributed by atoms with van der Waals surface area (Å²) in [5.74, 6) is 0.256. The van der Waals surface area contributed by atoms with Crippen molar-refractivity contribution in [1.82, 2.24) is 9.80 Å². The SMILES string of the molecule is CCCN(CCC)C(=O)CCCC(=O)Nc1cccc(CN2CCCCC2=O)c1. The summed E-state index contributed by atoms with van der Waals surface area (Å²) >= 11 is 0. The molecule has 160 valence electrons. The molecule has 0 bridgehead atoms. The van der Waals surface area contributed by atoms with Crippen LogP contribution in [0.15, 0.2) is 24.3 Å². The molecule has 1 aromatic carbocycles. The van der Waals surface area contributed by atoms with Gasteiger partial charge in [0.15, 0.2) is 0 Å². The topological polar surface area (TPSA) is 69.7 Å². The summed E-state index contributed by atoms with van der Waals surface area (Å²) in [7, 11) is 0. The number of hydrogen-bond acceptors (Lipinski definition) is 3. The number of nitrogens with zero attached hydrogens (tertiary/aromatic N) is 2. The van der Waals surface area contributed by atoms with Crippen molar-refractivity contribution in [2.24, 2.45) is 0 Å². The second-order valence-corrected chi connectivity index (χ2v) is 7.76. The van der Waals surface area contributed by atoms with E-state index in [0.717, 1.165) is 56.6 Å². The van der Waals surface area contributed by atoms with E-state index in [-0.39, 0.29) is 17.7 Å². The van der Waals surface area contributed by atoms with Crippen LogP contribution in [0, 0.1) is 0 Å². The number of likely N-dealkylation sites (tertiary alicyclic amines) is 1. The van der Waals surface area contributed by atoms with Crippen LogP contribution in [0.2, 0.25) is 0 Å². The Kier molecular flexibility index (Phi) is 9.68. The van der Waals surface area contributed by atoms with E-state index in [9.17, 15) is 14.4 Å². The molecule has 1 aliphatic heterocycles. The van der Waals surface area contributed by atoms with Crippen molar-refractivity contribution in [2.45, 2.75) is 71.8 Å². The van der Waals surface area contributed by atoms with Crippen LogP contribution >= 0.6 is 0 Å². The highest BCUT2D eigenvalue weighted by atomic mass is 16.2. The molecule has 3 amide bonds. The lowest BCUT2D eigenvalue weighted by Gasteiger charge is -2.26. The van der Waals surface area contributed by atoms with Crippen molar-refractivity contribution in [3.05, 3.63) is 29.8 Å². The fourth-order valence-electron chi connectivity index (χ4n) is 3.68. The van der Waals surface area contributed by atoms with E-state index >= 15 is 0 Å². The predicted octanol–water partition coefficient (Wildman–Crippen LogP) is 3.96. The van der Waals surface area contributed by atoms with Crippen molar-refractivity contribution in [1.29, 1.82) is 0 Å². The van der Waals surface area contributed by atoms with Crippen LogP contribution in [-0.2, 0) is 20.9 Å². The number of carbonyl (C=O) groups is 3. The normalized spacial score (nSPS) is 14.0. The van der Waals surface area contributed by atoms with Gasteiger partial charge in [0.1, 0.15) is 0 Å². The highest BCUT2D eigenvalue weighted by Gasteiger charge is 2.18. The van der Waals surface area contributed by atoms with Crippen molar-refractivity contribution in [3.63, 3.8) is 0 Å². The molecular formula is C23H35N3O3. The standard InChI is InChI=1S/C23H35N3O3/c1-3-14-25(15-4-2)22(28)13-8-11-21(27)24-20-10-7-9-19(17-20)18-26-16-6-5-12-23(26)29/h7,9-10,17H,3-6,8,11-16,18H2,1-2H3,(H,24,27). The van der Waals surface area contributed by atoms with Gasteiger partial charge in [0, 0.05) is 51.1 Å². The minimum absolute atomic E-state index is 0.0819. The van der Waals surface area contributed by atoms with E-state index in [4.69, 9.17) is 0 Å². The van der Waals surface area contributed by atoms with Gasteiger partial charge in [-0.2, -0.15) is 0 Å². The molecule has 1 fully saturated rings. The third kappa shape index (κ3) is 7.87. The van der Waals surface area contributed by atoms with Crippen LogP contribution in [-0.4, -0.2) is 47.2 Å². The molecule has 1 heterocycles. The predicted molar refractivity (Wildman–Crippen MR) is 115 cm³/mol. The minimum Gasteiger partial charge on any atom is -0.343 e. The molecular weight excluding hydrogens is 366 g/mol. The summed E-state index contributed by atoms with van der Waals surface area (Å²) < 4.78 is 0. The van der Waals surface area contributed by atoms with E-state index < -0.39 is 0 Å². The Labute approximate surface area is 174 Å². The number of anilines is 1. The van der Waals surface area contributed by atoms with Gasteiger partial charge in [0.2, 0.25) is 17.7 Å². The Morgan fingerprint density at radius 3 is 2.55 bits per heavy atom. The second-order valence-electron chi connectivity index (χ2n) is 7.76. The molecule has 0 radical (unpaired) electrons.